The van der Waals surface area contributed by atoms with Crippen molar-refractivity contribution in [2.45, 2.75) is 37.9 Å². The largest absolute Gasteiger partial charge is 0.419 e. The van der Waals surface area contributed by atoms with Crippen LogP contribution in [-0.2, 0) is 12.7 Å². The van der Waals surface area contributed by atoms with Crippen LogP contribution < -0.4 is 16.4 Å². The number of imidazole rings is 1. The van der Waals surface area contributed by atoms with Crippen molar-refractivity contribution in [2.24, 2.45) is 5.73 Å². The van der Waals surface area contributed by atoms with Crippen LogP contribution in [0.15, 0.2) is 36.9 Å². The number of nitrogens with one attached hydrogen (secondary N) is 1. The van der Waals surface area contributed by atoms with Crippen LogP contribution in [0.5, 0.6) is 0 Å². The number of benzene rings is 1. The second-order valence-electron chi connectivity index (χ2n) is 10.1. The van der Waals surface area contributed by atoms with Gasteiger partial charge in [0.15, 0.2) is 0 Å². The number of anilines is 2. The van der Waals surface area contributed by atoms with Crippen LogP contribution >= 0.6 is 0 Å². The highest BCUT2D eigenvalue weighted by molar-refractivity contribution is 6.12. The summed E-state index contributed by atoms with van der Waals surface area (Å²) in [6.45, 7) is 4.77. The Labute approximate surface area is 229 Å². The molecule has 2 saturated heterocycles. The molecule has 1 aromatic carbocycles. The van der Waals surface area contributed by atoms with Crippen LogP contribution in [0, 0.1) is 11.2 Å². The fourth-order valence-corrected chi connectivity index (χ4v) is 5.29. The van der Waals surface area contributed by atoms with E-state index in [0.717, 1.165) is 50.2 Å². The Morgan fingerprint density at radius 1 is 1.10 bits per heavy atom. The molecule has 212 valence electrons. The van der Waals surface area contributed by atoms with Crippen LogP contribution in [-0.4, -0.2) is 63.4 Å². The van der Waals surface area contributed by atoms with Crippen LogP contribution in [0.1, 0.15) is 42.1 Å². The third kappa shape index (κ3) is 5.51. The molecule has 13 heteroatoms. The number of piperidine rings is 1. The van der Waals surface area contributed by atoms with Crippen LogP contribution in [0.2, 0.25) is 0 Å². The molecule has 0 saturated carbocycles. The summed E-state index contributed by atoms with van der Waals surface area (Å²) in [6, 6.07) is 3.02. The molecule has 0 radical (unpaired) electrons. The van der Waals surface area contributed by atoms with Crippen molar-refractivity contribution in [2.75, 3.05) is 43.4 Å². The lowest BCUT2D eigenvalue weighted by molar-refractivity contribution is -0.139. The van der Waals surface area contributed by atoms with E-state index in [1.807, 2.05) is 4.57 Å². The monoisotopic (exact) mass is 557 g/mol. The number of likely N-dealkylation sites (tertiary alicyclic amines) is 1. The SMILES string of the molecule is N=C/C(=C\N)c1c(N)ncnc1N1CCC(c2nc(-c3ccc(F)c(C(F)(F)F)c3)cn2CCN2CCC2)CC1. The van der Waals surface area contributed by atoms with Crippen molar-refractivity contribution in [1.82, 2.24) is 24.4 Å². The third-order valence-corrected chi connectivity index (χ3v) is 7.62. The third-order valence-electron chi connectivity index (χ3n) is 7.62. The molecule has 3 aromatic rings. The Morgan fingerprint density at radius 3 is 2.48 bits per heavy atom. The number of nitrogen functional groups attached to an aromatic ring is 1. The maximum absolute atomic E-state index is 13.9. The number of aromatic nitrogens is 4. The lowest BCUT2D eigenvalue weighted by atomic mass is 9.95. The number of nitrogens with two attached hydrogens (primary N) is 2. The van der Waals surface area contributed by atoms with Crippen molar-refractivity contribution in [3.63, 3.8) is 0 Å². The van der Waals surface area contributed by atoms with Gasteiger partial charge in [-0.25, -0.2) is 19.3 Å². The number of alkyl halides is 3. The van der Waals surface area contributed by atoms with E-state index >= 15 is 0 Å². The van der Waals surface area contributed by atoms with Crippen molar-refractivity contribution in [3.05, 3.63) is 59.7 Å². The van der Waals surface area contributed by atoms with Crippen molar-refractivity contribution in [3.8, 4) is 11.3 Å². The summed E-state index contributed by atoms with van der Waals surface area (Å²) >= 11 is 0. The summed E-state index contributed by atoms with van der Waals surface area (Å²) in [6.07, 6.45) is 3.36. The fourth-order valence-electron chi connectivity index (χ4n) is 5.29. The van der Waals surface area contributed by atoms with Crippen molar-refractivity contribution >= 4 is 23.4 Å². The molecule has 4 heterocycles. The van der Waals surface area contributed by atoms with Gasteiger partial charge in [0, 0.05) is 61.8 Å². The molecule has 5 rings (SSSR count). The number of nitrogens with zero attached hydrogens (tertiary/aromatic N) is 6. The second kappa shape index (κ2) is 11.2. The van der Waals surface area contributed by atoms with E-state index in [1.165, 1.54) is 18.6 Å². The molecule has 9 nitrogen and oxygen atoms in total. The molecule has 0 bridgehead atoms. The highest BCUT2D eigenvalue weighted by atomic mass is 19.4. The number of hydrogen-bond donors (Lipinski definition) is 3. The van der Waals surface area contributed by atoms with Gasteiger partial charge in [-0.15, -0.1) is 0 Å². The molecule has 0 unspecified atom stereocenters. The topological polar surface area (TPSA) is 126 Å². The van der Waals surface area contributed by atoms with Gasteiger partial charge in [-0.05, 0) is 50.6 Å². The van der Waals surface area contributed by atoms with E-state index in [1.54, 1.807) is 6.20 Å². The molecule has 0 atom stereocenters. The maximum Gasteiger partial charge on any atom is 0.419 e. The molecule has 0 aliphatic carbocycles. The zero-order chi connectivity index (χ0) is 28.4. The first-order valence-corrected chi connectivity index (χ1v) is 13.1. The Balaban J connectivity index is 1.41. The molecule has 5 N–H and O–H groups in total. The average molecular weight is 558 g/mol. The number of allylic oxidation sites excluding steroid dienone is 1. The molecule has 2 aliphatic rings. The Morgan fingerprint density at radius 2 is 1.85 bits per heavy atom. The average Bonchev–Trinajstić information content (AvgIpc) is 3.33. The van der Waals surface area contributed by atoms with Gasteiger partial charge in [0.25, 0.3) is 0 Å². The van der Waals surface area contributed by atoms with Gasteiger partial charge in [0.2, 0.25) is 0 Å². The van der Waals surface area contributed by atoms with Gasteiger partial charge in [-0.3, -0.25) is 0 Å². The molecule has 40 heavy (non-hydrogen) atoms. The lowest BCUT2D eigenvalue weighted by Crippen LogP contribution is -2.39. The molecule has 0 amide bonds. The summed E-state index contributed by atoms with van der Waals surface area (Å²) in [7, 11) is 0. The summed E-state index contributed by atoms with van der Waals surface area (Å²) < 4.78 is 56.1. The van der Waals surface area contributed by atoms with Gasteiger partial charge < -0.3 is 31.2 Å². The van der Waals surface area contributed by atoms with Crippen molar-refractivity contribution < 1.29 is 17.6 Å². The Hall–Kier alpha value is -4.00. The van der Waals surface area contributed by atoms with Crippen LogP contribution in [0.25, 0.3) is 16.8 Å². The molecular weight excluding hydrogens is 526 g/mol. The minimum atomic E-state index is -4.80. The lowest BCUT2D eigenvalue weighted by Gasteiger charge is -2.34. The maximum atomic E-state index is 13.9. The first-order valence-electron chi connectivity index (χ1n) is 13.1. The quantitative estimate of drug-likeness (QED) is 0.281. The Bertz CT molecular complexity index is 1400. The van der Waals surface area contributed by atoms with Crippen molar-refractivity contribution in [1.29, 1.82) is 5.41 Å². The smallest absolute Gasteiger partial charge is 0.404 e. The summed E-state index contributed by atoms with van der Waals surface area (Å²) in [5, 5.41) is 7.69. The van der Waals surface area contributed by atoms with E-state index in [9.17, 15) is 17.6 Å². The highest BCUT2D eigenvalue weighted by Gasteiger charge is 2.35. The summed E-state index contributed by atoms with van der Waals surface area (Å²) in [4.78, 5) is 17.7. The minimum absolute atomic E-state index is 0.0545. The van der Waals surface area contributed by atoms with Crippen LogP contribution in [0.3, 0.4) is 0 Å². The van der Waals surface area contributed by atoms with E-state index in [2.05, 4.69) is 19.8 Å². The van der Waals surface area contributed by atoms with Gasteiger partial charge >= 0.3 is 6.18 Å². The van der Waals surface area contributed by atoms with Gasteiger partial charge in [-0.2, -0.15) is 13.2 Å². The van der Waals surface area contributed by atoms with E-state index in [4.69, 9.17) is 21.9 Å². The van der Waals surface area contributed by atoms with E-state index in [-0.39, 0.29) is 17.3 Å². The highest BCUT2D eigenvalue weighted by Crippen LogP contribution is 2.37. The number of hydrogen-bond acceptors (Lipinski definition) is 8. The van der Waals surface area contributed by atoms with E-state index < -0.39 is 17.6 Å². The second-order valence-corrected chi connectivity index (χ2v) is 10.1. The van der Waals surface area contributed by atoms with Gasteiger partial charge in [0.1, 0.15) is 29.6 Å². The zero-order valence-corrected chi connectivity index (χ0v) is 21.8. The number of rotatable bonds is 8. The summed E-state index contributed by atoms with van der Waals surface area (Å²) in [5.41, 5.74) is 12.1. The summed E-state index contributed by atoms with van der Waals surface area (Å²) in [5.74, 6) is 0.382. The molecular formula is C27H31F4N9. The molecule has 2 aliphatic heterocycles. The fraction of sp³-hybridized carbons (Fsp3) is 0.407. The predicted octanol–water partition coefficient (Wildman–Crippen LogP) is 4.12. The normalized spacial score (nSPS) is 17.2. The first kappa shape index (κ1) is 27.6. The predicted molar refractivity (Wildman–Crippen MR) is 145 cm³/mol. The first-order chi connectivity index (χ1) is 19.2. The van der Waals surface area contributed by atoms with Gasteiger partial charge in [0.05, 0.1) is 16.8 Å². The number of halogens is 4. The molecule has 0 spiro atoms. The van der Waals surface area contributed by atoms with Gasteiger partial charge in [-0.1, -0.05) is 0 Å². The van der Waals surface area contributed by atoms with E-state index in [0.29, 0.717) is 55.1 Å². The standard InChI is InChI=1S/C27H31F4N9/c28-21-3-2-18(12-20(21)27(29,30)31)22-15-40(11-10-38-6-1-7-38)25(37-22)17-4-8-39(9-5-17)26-23(19(13-32)14-33)24(34)35-16-36-26/h2-3,12-17,32H,1,4-11,33H2,(H2,34,35,36)/b19-14+,32-13?. The minimum Gasteiger partial charge on any atom is -0.404 e. The van der Waals surface area contributed by atoms with Crippen LogP contribution in [0.4, 0.5) is 29.2 Å². The molecule has 2 fully saturated rings. The molecule has 2 aromatic heterocycles. The Kier molecular flexibility index (Phi) is 7.74. The zero-order valence-electron chi connectivity index (χ0n) is 21.8.